The van der Waals surface area contributed by atoms with Gasteiger partial charge < -0.3 is 10.5 Å². The van der Waals surface area contributed by atoms with Crippen molar-refractivity contribution in [1.82, 2.24) is 0 Å². The molecule has 0 amide bonds. The molecular weight excluding hydrogens is 264 g/mol. The highest BCUT2D eigenvalue weighted by molar-refractivity contribution is 8.09. The third-order valence-corrected chi connectivity index (χ3v) is 4.04. The highest BCUT2D eigenvalue weighted by Crippen LogP contribution is 2.25. The first-order valence-electron chi connectivity index (χ1n) is 4.66. The van der Waals surface area contributed by atoms with Crippen LogP contribution in [0.5, 0.6) is 5.75 Å². The van der Waals surface area contributed by atoms with Gasteiger partial charge in [-0.2, -0.15) is 0 Å². The van der Waals surface area contributed by atoms with Crippen molar-refractivity contribution in [2.45, 2.75) is 0 Å². The zero-order valence-corrected chi connectivity index (χ0v) is 10.2. The van der Waals surface area contributed by atoms with Crippen molar-refractivity contribution in [3.8, 4) is 5.75 Å². The molecule has 0 fully saturated rings. The Labute approximate surface area is 103 Å². The molecule has 1 aromatic carbocycles. The number of para-hydroxylation sites is 1. The van der Waals surface area contributed by atoms with E-state index >= 15 is 0 Å². The third kappa shape index (κ3) is 2.27. The summed E-state index contributed by atoms with van der Waals surface area (Å²) in [6, 6.07) is 6.79. The Morgan fingerprint density at radius 3 is 2.65 bits per heavy atom. The topological polar surface area (TPSA) is 81.8 Å². The van der Waals surface area contributed by atoms with Crippen LogP contribution in [0.2, 0.25) is 5.02 Å². The van der Waals surface area contributed by atoms with E-state index in [2.05, 4.69) is 4.99 Å². The maximum atomic E-state index is 11.6. The number of aliphatic imine (C=N–C) groups is 1. The predicted molar refractivity (Wildman–Crippen MR) is 65.6 cm³/mol. The smallest absolute Gasteiger partial charge is 0.240 e. The maximum absolute atomic E-state index is 11.6. The molecule has 0 spiro atoms. The predicted octanol–water partition coefficient (Wildman–Crippen LogP) is 1.30. The van der Waals surface area contributed by atoms with Gasteiger partial charge in [0.05, 0.1) is 5.02 Å². The first-order valence-corrected chi connectivity index (χ1v) is 6.52. The fourth-order valence-corrected chi connectivity index (χ4v) is 2.29. The highest BCUT2D eigenvalue weighted by Gasteiger charge is 2.27. The van der Waals surface area contributed by atoms with Crippen molar-refractivity contribution in [2.75, 3.05) is 6.61 Å². The first-order chi connectivity index (χ1) is 8.01. The van der Waals surface area contributed by atoms with Crippen molar-refractivity contribution in [3.63, 3.8) is 0 Å². The van der Waals surface area contributed by atoms with Crippen LogP contribution >= 0.6 is 11.6 Å². The van der Waals surface area contributed by atoms with E-state index in [4.69, 9.17) is 22.1 Å². The van der Waals surface area contributed by atoms with Crippen LogP contribution in [0.15, 0.2) is 40.4 Å². The van der Waals surface area contributed by atoms with E-state index in [-0.39, 0.29) is 11.5 Å². The van der Waals surface area contributed by atoms with Crippen molar-refractivity contribution < 1.29 is 13.2 Å². The number of hydrogen-bond donors (Lipinski definition) is 1. The molecule has 2 rings (SSSR count). The Morgan fingerprint density at radius 1 is 1.35 bits per heavy atom. The van der Waals surface area contributed by atoms with Gasteiger partial charge in [-0.3, -0.25) is 0 Å². The number of amidine groups is 1. The summed E-state index contributed by atoms with van der Waals surface area (Å²) in [6.07, 6.45) is 1.18. The molecule has 0 unspecified atom stereocenters. The molecule has 1 aromatic rings. The van der Waals surface area contributed by atoms with Gasteiger partial charge in [0.2, 0.25) is 15.0 Å². The van der Waals surface area contributed by atoms with Gasteiger partial charge in [-0.1, -0.05) is 23.7 Å². The summed E-state index contributed by atoms with van der Waals surface area (Å²) in [7, 11) is -3.63. The van der Waals surface area contributed by atoms with Gasteiger partial charge in [0.25, 0.3) is 0 Å². The molecule has 5 nitrogen and oxygen atoms in total. The monoisotopic (exact) mass is 272 g/mol. The molecule has 0 atom stereocenters. The van der Waals surface area contributed by atoms with Gasteiger partial charge in [0.1, 0.15) is 17.3 Å². The lowest BCUT2D eigenvalue weighted by Crippen LogP contribution is -2.23. The summed E-state index contributed by atoms with van der Waals surface area (Å²) in [5, 5.41) is 0.00708. The minimum Gasteiger partial charge on any atom is -0.487 e. The van der Waals surface area contributed by atoms with E-state index in [0.717, 1.165) is 0 Å². The number of hydrogen-bond acceptors (Lipinski definition) is 5. The van der Waals surface area contributed by atoms with Crippen LogP contribution in [0.25, 0.3) is 0 Å². The summed E-state index contributed by atoms with van der Waals surface area (Å²) < 4.78 is 28.4. The molecule has 1 aliphatic heterocycles. The second-order valence-electron chi connectivity index (χ2n) is 3.29. The first kappa shape index (κ1) is 11.9. The number of sulfone groups is 1. The third-order valence-electron chi connectivity index (χ3n) is 2.16. The van der Waals surface area contributed by atoms with Crippen LogP contribution in [-0.2, 0) is 9.84 Å². The highest BCUT2D eigenvalue weighted by atomic mass is 35.5. The minimum absolute atomic E-state index is 0.0231. The molecule has 0 aliphatic carbocycles. The molecule has 1 heterocycles. The SMILES string of the molecule is NC1=NC=C(COc2ccccc2Cl)S1(=O)=O. The molecule has 0 saturated carbocycles. The minimum atomic E-state index is -3.63. The van der Waals surface area contributed by atoms with Crippen molar-refractivity contribution in [3.05, 3.63) is 40.4 Å². The summed E-state index contributed by atoms with van der Waals surface area (Å²) >= 11 is 5.86. The van der Waals surface area contributed by atoms with Gasteiger partial charge in [-0.15, -0.1) is 0 Å². The molecule has 1 aliphatic rings. The largest absolute Gasteiger partial charge is 0.487 e. The lowest BCUT2D eigenvalue weighted by Gasteiger charge is -2.07. The van der Waals surface area contributed by atoms with Crippen LogP contribution in [0.1, 0.15) is 0 Å². The van der Waals surface area contributed by atoms with Crippen LogP contribution < -0.4 is 10.5 Å². The molecule has 0 aromatic heterocycles. The van der Waals surface area contributed by atoms with E-state index in [1.165, 1.54) is 6.20 Å². The molecule has 17 heavy (non-hydrogen) atoms. The van der Waals surface area contributed by atoms with Gasteiger partial charge in [-0.05, 0) is 12.1 Å². The number of benzene rings is 1. The molecule has 0 saturated heterocycles. The fraction of sp³-hybridized carbons (Fsp3) is 0.100. The van der Waals surface area contributed by atoms with Crippen LogP contribution in [0.3, 0.4) is 0 Å². The van der Waals surface area contributed by atoms with Crippen LogP contribution in [-0.4, -0.2) is 20.2 Å². The van der Waals surface area contributed by atoms with Gasteiger partial charge in [-0.25, -0.2) is 13.4 Å². The fourth-order valence-electron chi connectivity index (χ4n) is 1.23. The average Bonchev–Trinajstić information content (AvgIpc) is 2.54. The van der Waals surface area contributed by atoms with Crippen LogP contribution in [0, 0.1) is 0 Å². The van der Waals surface area contributed by atoms with E-state index in [1.54, 1.807) is 24.3 Å². The Balaban J connectivity index is 2.10. The molecule has 2 N–H and O–H groups in total. The van der Waals surface area contributed by atoms with Crippen molar-refractivity contribution >= 4 is 26.6 Å². The second kappa shape index (κ2) is 4.38. The Kier molecular flexibility index (Phi) is 3.08. The summed E-state index contributed by atoms with van der Waals surface area (Å²) in [4.78, 5) is 3.56. The van der Waals surface area contributed by atoms with E-state index < -0.39 is 15.0 Å². The number of ether oxygens (including phenoxy) is 1. The van der Waals surface area contributed by atoms with Gasteiger partial charge in [0.15, 0.2) is 0 Å². The molecule has 90 valence electrons. The van der Waals surface area contributed by atoms with Gasteiger partial charge >= 0.3 is 0 Å². The summed E-state index contributed by atoms with van der Waals surface area (Å²) in [6.45, 7) is -0.143. The number of rotatable bonds is 3. The molecule has 0 radical (unpaired) electrons. The normalized spacial score (nSPS) is 17.5. The van der Waals surface area contributed by atoms with E-state index in [0.29, 0.717) is 10.8 Å². The average molecular weight is 273 g/mol. The number of nitrogens with two attached hydrogens (primary N) is 1. The van der Waals surface area contributed by atoms with Crippen LogP contribution in [0.4, 0.5) is 0 Å². The standard InChI is InChI=1S/C10H9ClN2O3S/c11-8-3-1-2-4-9(8)16-6-7-5-13-10(12)17(7,14)15/h1-5H,6H2,(H2,12,13). The zero-order chi connectivity index (χ0) is 12.5. The second-order valence-corrected chi connectivity index (χ2v) is 5.64. The lowest BCUT2D eigenvalue weighted by atomic mass is 10.3. The zero-order valence-electron chi connectivity index (χ0n) is 8.63. The quantitative estimate of drug-likeness (QED) is 0.899. The summed E-state index contributed by atoms with van der Waals surface area (Å²) in [5.41, 5.74) is 5.23. The van der Waals surface area contributed by atoms with E-state index in [1.807, 2.05) is 0 Å². The maximum Gasteiger partial charge on any atom is 0.240 e. The molecular formula is C10H9ClN2O3S. The summed E-state index contributed by atoms with van der Waals surface area (Å²) in [5.74, 6) is 0.413. The molecule has 0 bridgehead atoms. The van der Waals surface area contributed by atoms with Crippen molar-refractivity contribution in [1.29, 1.82) is 0 Å². The van der Waals surface area contributed by atoms with Gasteiger partial charge in [0, 0.05) is 6.20 Å². The molecule has 7 heteroatoms. The van der Waals surface area contributed by atoms with Crippen molar-refractivity contribution in [2.24, 2.45) is 10.7 Å². The van der Waals surface area contributed by atoms with E-state index in [9.17, 15) is 8.42 Å². The Morgan fingerprint density at radius 2 is 2.06 bits per heavy atom. The Hall–Kier alpha value is -1.53. The Bertz CT molecular complexity index is 608. The number of nitrogens with zero attached hydrogens (tertiary/aromatic N) is 1. The number of halogens is 1. The lowest BCUT2D eigenvalue weighted by molar-refractivity contribution is 0.358.